The van der Waals surface area contributed by atoms with Gasteiger partial charge in [0, 0.05) is 46.2 Å². The van der Waals surface area contributed by atoms with Crippen LogP contribution in [0.4, 0.5) is 0 Å². The van der Waals surface area contributed by atoms with E-state index in [1.807, 2.05) is 18.6 Å². The first kappa shape index (κ1) is 20.8. The molecule has 160 valence electrons. The highest BCUT2D eigenvalue weighted by molar-refractivity contribution is 6.38. The zero-order chi connectivity index (χ0) is 22.1. The molecule has 0 amide bonds. The quantitative estimate of drug-likeness (QED) is 0.379. The summed E-state index contributed by atoms with van der Waals surface area (Å²) in [6, 6.07) is 9.93. The SMILES string of the molecule is N#C/C(=C/c1c[nH]c2ncc(-c3cnn(C4CCNCC4)c3)cc12)c1c(Cl)cccc1Cl. The Labute approximate surface area is 195 Å². The van der Waals surface area contributed by atoms with Crippen LogP contribution in [-0.4, -0.2) is 32.8 Å². The van der Waals surface area contributed by atoms with Crippen molar-refractivity contribution in [3.8, 4) is 17.2 Å². The summed E-state index contributed by atoms with van der Waals surface area (Å²) in [5.74, 6) is 0. The Morgan fingerprint density at radius 1 is 1.16 bits per heavy atom. The van der Waals surface area contributed by atoms with E-state index in [4.69, 9.17) is 23.2 Å². The number of nitrogens with zero attached hydrogens (tertiary/aromatic N) is 4. The van der Waals surface area contributed by atoms with Gasteiger partial charge >= 0.3 is 0 Å². The molecule has 0 atom stereocenters. The highest BCUT2D eigenvalue weighted by Gasteiger charge is 2.17. The zero-order valence-corrected chi connectivity index (χ0v) is 18.7. The van der Waals surface area contributed by atoms with Gasteiger partial charge in [0.05, 0.1) is 33.9 Å². The van der Waals surface area contributed by atoms with Crippen LogP contribution in [0.3, 0.4) is 0 Å². The topological polar surface area (TPSA) is 82.3 Å². The molecule has 1 fully saturated rings. The van der Waals surface area contributed by atoms with Gasteiger partial charge in [-0.15, -0.1) is 0 Å². The fraction of sp³-hybridized carbons (Fsp3) is 0.208. The van der Waals surface area contributed by atoms with E-state index in [-0.39, 0.29) is 0 Å². The molecular weight excluding hydrogens is 443 g/mol. The number of piperidine rings is 1. The third-order valence-electron chi connectivity index (χ3n) is 5.83. The number of aromatic amines is 1. The number of rotatable bonds is 4. The van der Waals surface area contributed by atoms with Crippen LogP contribution in [0, 0.1) is 11.3 Å². The van der Waals surface area contributed by atoms with Gasteiger partial charge < -0.3 is 10.3 Å². The minimum atomic E-state index is 0.394. The number of hydrogen-bond donors (Lipinski definition) is 2. The van der Waals surface area contributed by atoms with Gasteiger partial charge in [0.1, 0.15) is 5.65 Å². The number of fused-ring (bicyclic) bond motifs is 1. The molecule has 6 nitrogen and oxygen atoms in total. The molecule has 8 heteroatoms. The number of aromatic nitrogens is 4. The highest BCUT2D eigenvalue weighted by Crippen LogP contribution is 2.33. The van der Waals surface area contributed by atoms with Crippen LogP contribution in [0.2, 0.25) is 10.0 Å². The van der Waals surface area contributed by atoms with Gasteiger partial charge in [-0.05, 0) is 50.2 Å². The van der Waals surface area contributed by atoms with Crippen LogP contribution in [0.1, 0.15) is 30.0 Å². The van der Waals surface area contributed by atoms with Crippen molar-refractivity contribution in [3.63, 3.8) is 0 Å². The number of pyridine rings is 1. The number of halogens is 2. The first-order valence-electron chi connectivity index (χ1n) is 10.4. The van der Waals surface area contributed by atoms with E-state index < -0.39 is 0 Å². The van der Waals surface area contributed by atoms with Crippen LogP contribution in [0.5, 0.6) is 0 Å². The molecule has 4 heterocycles. The Hall–Kier alpha value is -3.11. The number of nitrogens with one attached hydrogen (secondary N) is 2. The predicted octanol–water partition coefficient (Wildman–Crippen LogP) is 5.72. The summed E-state index contributed by atoms with van der Waals surface area (Å²) >= 11 is 12.6. The van der Waals surface area contributed by atoms with Gasteiger partial charge in [0.15, 0.2) is 0 Å². The maximum absolute atomic E-state index is 9.78. The molecule has 0 bridgehead atoms. The van der Waals surface area contributed by atoms with Crippen LogP contribution in [0.25, 0.3) is 33.8 Å². The lowest BCUT2D eigenvalue weighted by Crippen LogP contribution is -2.29. The minimum Gasteiger partial charge on any atom is -0.346 e. The smallest absolute Gasteiger partial charge is 0.137 e. The molecule has 5 rings (SSSR count). The zero-order valence-electron chi connectivity index (χ0n) is 17.1. The Bertz CT molecular complexity index is 1330. The largest absolute Gasteiger partial charge is 0.346 e. The van der Waals surface area contributed by atoms with E-state index in [9.17, 15) is 5.26 Å². The molecule has 4 aromatic rings. The second-order valence-electron chi connectivity index (χ2n) is 7.82. The Kier molecular flexibility index (Phi) is 5.71. The number of allylic oxidation sites excluding steroid dienone is 1. The summed E-state index contributed by atoms with van der Waals surface area (Å²) in [6.07, 6.45) is 11.6. The number of benzene rings is 1. The molecule has 1 aromatic carbocycles. The average Bonchev–Trinajstić information content (AvgIpc) is 3.46. The van der Waals surface area contributed by atoms with Gasteiger partial charge in [-0.25, -0.2) is 4.98 Å². The summed E-state index contributed by atoms with van der Waals surface area (Å²) in [5, 5.41) is 19.6. The summed E-state index contributed by atoms with van der Waals surface area (Å²) in [5.41, 5.74) is 4.50. The molecule has 1 aliphatic heterocycles. The first-order valence-corrected chi connectivity index (χ1v) is 11.2. The van der Waals surface area contributed by atoms with E-state index in [0.717, 1.165) is 53.7 Å². The summed E-state index contributed by atoms with van der Waals surface area (Å²) in [7, 11) is 0. The van der Waals surface area contributed by atoms with Crippen LogP contribution >= 0.6 is 23.2 Å². The van der Waals surface area contributed by atoms with Crippen molar-refractivity contribution in [2.75, 3.05) is 13.1 Å². The van der Waals surface area contributed by atoms with Gasteiger partial charge in [0.2, 0.25) is 0 Å². The maximum atomic E-state index is 9.78. The molecule has 0 unspecified atom stereocenters. The summed E-state index contributed by atoms with van der Waals surface area (Å²) in [6.45, 7) is 2.03. The molecule has 2 N–H and O–H groups in total. The molecule has 0 radical (unpaired) electrons. The normalized spacial score (nSPS) is 15.2. The van der Waals surface area contributed by atoms with Crippen molar-refractivity contribution in [1.82, 2.24) is 25.1 Å². The van der Waals surface area contributed by atoms with Gasteiger partial charge in [-0.2, -0.15) is 10.4 Å². The van der Waals surface area contributed by atoms with Gasteiger partial charge in [-0.3, -0.25) is 4.68 Å². The van der Waals surface area contributed by atoms with Crippen LogP contribution in [-0.2, 0) is 0 Å². The Balaban J connectivity index is 1.53. The molecule has 1 aliphatic rings. The molecule has 1 saturated heterocycles. The Morgan fingerprint density at radius 3 is 2.69 bits per heavy atom. The molecule has 0 aliphatic carbocycles. The van der Waals surface area contributed by atoms with Crippen LogP contribution < -0.4 is 5.32 Å². The standard InChI is InChI=1S/C24H20Cl2N6/c25-21-2-1-3-22(26)23(21)15(10-27)8-17-12-30-24-20(17)9-16(11-29-24)18-13-31-32(14-18)19-4-6-28-7-5-19/h1-3,8-9,11-14,19,28H,4-7H2,(H,29,30)/b15-8-. The van der Waals surface area contributed by atoms with E-state index in [2.05, 4.69) is 43.4 Å². The second kappa shape index (κ2) is 8.79. The van der Waals surface area contributed by atoms with Crippen molar-refractivity contribution < 1.29 is 0 Å². The van der Waals surface area contributed by atoms with Crippen molar-refractivity contribution >= 4 is 45.9 Å². The van der Waals surface area contributed by atoms with E-state index in [0.29, 0.717) is 27.2 Å². The molecule has 3 aromatic heterocycles. The third-order valence-corrected chi connectivity index (χ3v) is 6.46. The first-order chi connectivity index (χ1) is 15.6. The van der Waals surface area contributed by atoms with E-state index >= 15 is 0 Å². The monoisotopic (exact) mass is 462 g/mol. The van der Waals surface area contributed by atoms with Crippen LogP contribution in [0.15, 0.2) is 49.1 Å². The molecular formula is C24H20Cl2N6. The summed E-state index contributed by atoms with van der Waals surface area (Å²) < 4.78 is 2.06. The molecule has 32 heavy (non-hydrogen) atoms. The predicted molar refractivity (Wildman–Crippen MR) is 128 cm³/mol. The second-order valence-corrected chi connectivity index (χ2v) is 8.64. The number of hydrogen-bond acceptors (Lipinski definition) is 4. The van der Waals surface area contributed by atoms with Crippen molar-refractivity contribution in [2.24, 2.45) is 0 Å². The number of H-pyrrole nitrogens is 1. The fourth-order valence-corrected chi connectivity index (χ4v) is 4.73. The molecule has 0 spiro atoms. The van der Waals surface area contributed by atoms with Gasteiger partial charge in [0.25, 0.3) is 0 Å². The molecule has 0 saturated carbocycles. The Morgan fingerprint density at radius 2 is 1.94 bits per heavy atom. The van der Waals surface area contributed by atoms with E-state index in [1.54, 1.807) is 24.3 Å². The average molecular weight is 463 g/mol. The van der Waals surface area contributed by atoms with Crippen molar-refractivity contribution in [3.05, 3.63) is 70.2 Å². The highest BCUT2D eigenvalue weighted by atomic mass is 35.5. The lowest BCUT2D eigenvalue weighted by atomic mass is 10.0. The van der Waals surface area contributed by atoms with Gasteiger partial charge in [-0.1, -0.05) is 29.3 Å². The lowest BCUT2D eigenvalue weighted by Gasteiger charge is -2.22. The third kappa shape index (κ3) is 3.91. The summed E-state index contributed by atoms with van der Waals surface area (Å²) in [4.78, 5) is 7.75. The maximum Gasteiger partial charge on any atom is 0.137 e. The minimum absolute atomic E-state index is 0.394. The van der Waals surface area contributed by atoms with Crippen molar-refractivity contribution in [2.45, 2.75) is 18.9 Å². The lowest BCUT2D eigenvalue weighted by molar-refractivity contribution is 0.343. The van der Waals surface area contributed by atoms with Crippen molar-refractivity contribution in [1.29, 1.82) is 5.26 Å². The fourth-order valence-electron chi connectivity index (χ4n) is 4.13. The number of nitriles is 1. The van der Waals surface area contributed by atoms with E-state index in [1.165, 1.54) is 0 Å².